The molecule has 3 heterocycles. The zero-order valence-electron chi connectivity index (χ0n) is 20.5. The Kier molecular flexibility index (Phi) is 6.09. The molecule has 2 aromatic carbocycles. The minimum atomic E-state index is -0.750. The standard InChI is InChI=1S/C27H26N4O4S/c1-5-30(6-2)25(33)20-15(3)28-27-31(22(20)17-12-8-10-14-19(17)35-4)26(34)23(36-27)21-16-11-7-9-13-18(16)29-24(21)32/h7-14,22H,5-6H2,1-4H3,(H,29,32)/b23-21-/t22-/m0/s1. The van der Waals surface area contributed by atoms with Crippen LogP contribution in [0.3, 0.4) is 0 Å². The SMILES string of the molecule is CCN(CC)C(=O)C1=C(C)N=c2s/c(=C3\C(=O)Nc4ccccc43)c(=O)n2[C@H]1c1ccccc1OC. The van der Waals surface area contributed by atoms with Crippen molar-refractivity contribution in [2.45, 2.75) is 26.8 Å². The summed E-state index contributed by atoms with van der Waals surface area (Å²) in [5.41, 5.74) is 2.94. The number of fused-ring (bicyclic) bond motifs is 2. The Morgan fingerprint density at radius 1 is 1.11 bits per heavy atom. The fourth-order valence-electron chi connectivity index (χ4n) is 4.86. The van der Waals surface area contributed by atoms with Crippen molar-refractivity contribution in [2.75, 3.05) is 25.5 Å². The molecular weight excluding hydrogens is 476 g/mol. The summed E-state index contributed by atoms with van der Waals surface area (Å²) in [5.74, 6) is 0.0498. The average molecular weight is 503 g/mol. The van der Waals surface area contributed by atoms with Crippen molar-refractivity contribution in [3.05, 3.63) is 90.6 Å². The first-order valence-corrected chi connectivity index (χ1v) is 12.6. The van der Waals surface area contributed by atoms with E-state index in [0.717, 1.165) is 11.3 Å². The lowest BCUT2D eigenvalue weighted by molar-refractivity contribution is -0.127. The summed E-state index contributed by atoms with van der Waals surface area (Å²) in [7, 11) is 1.56. The molecule has 2 amide bonds. The summed E-state index contributed by atoms with van der Waals surface area (Å²) in [5, 5.41) is 2.84. The smallest absolute Gasteiger partial charge is 0.271 e. The van der Waals surface area contributed by atoms with Gasteiger partial charge in [0.05, 0.1) is 24.0 Å². The molecule has 0 fully saturated rings. The molecule has 0 unspecified atom stereocenters. The number of anilines is 1. The number of benzene rings is 2. The molecule has 2 aliphatic heterocycles. The van der Waals surface area contributed by atoms with Gasteiger partial charge in [0.15, 0.2) is 4.80 Å². The van der Waals surface area contributed by atoms with Crippen LogP contribution in [-0.4, -0.2) is 41.5 Å². The summed E-state index contributed by atoms with van der Waals surface area (Å²) in [6.07, 6.45) is 0. The Labute approximate surface area is 211 Å². The molecule has 0 radical (unpaired) electrons. The number of hydrogen-bond donors (Lipinski definition) is 1. The molecule has 1 N–H and O–H groups in total. The van der Waals surface area contributed by atoms with Gasteiger partial charge in [-0.25, -0.2) is 4.99 Å². The number of allylic oxidation sites excluding steroid dienone is 1. The van der Waals surface area contributed by atoms with Crippen molar-refractivity contribution in [3.63, 3.8) is 0 Å². The molecular formula is C27H26N4O4S. The van der Waals surface area contributed by atoms with Crippen molar-refractivity contribution >= 4 is 34.4 Å². The molecule has 0 bridgehead atoms. The van der Waals surface area contributed by atoms with Crippen LogP contribution in [0.5, 0.6) is 5.75 Å². The third kappa shape index (κ3) is 3.58. The molecule has 0 saturated heterocycles. The Balaban J connectivity index is 1.84. The van der Waals surface area contributed by atoms with E-state index in [-0.39, 0.29) is 17.4 Å². The number of nitrogens with zero attached hydrogens (tertiary/aromatic N) is 3. The van der Waals surface area contributed by atoms with E-state index >= 15 is 0 Å². The molecule has 5 rings (SSSR count). The number of rotatable bonds is 5. The number of likely N-dealkylation sites (N-methyl/N-ethyl adjacent to an activating group) is 1. The van der Waals surface area contributed by atoms with E-state index in [0.29, 0.717) is 61.8 Å². The van der Waals surface area contributed by atoms with E-state index in [1.165, 1.54) is 4.57 Å². The topological polar surface area (TPSA) is 93.0 Å². The second-order valence-electron chi connectivity index (χ2n) is 8.50. The van der Waals surface area contributed by atoms with E-state index in [4.69, 9.17) is 9.73 Å². The monoisotopic (exact) mass is 502 g/mol. The van der Waals surface area contributed by atoms with Crippen LogP contribution in [0.1, 0.15) is 37.9 Å². The normalized spacial score (nSPS) is 17.8. The summed E-state index contributed by atoms with van der Waals surface area (Å²) < 4.78 is 7.46. The van der Waals surface area contributed by atoms with Crippen LogP contribution < -0.4 is 24.9 Å². The predicted octanol–water partition coefficient (Wildman–Crippen LogP) is 2.43. The van der Waals surface area contributed by atoms with Gasteiger partial charge >= 0.3 is 0 Å². The predicted molar refractivity (Wildman–Crippen MR) is 139 cm³/mol. The van der Waals surface area contributed by atoms with Gasteiger partial charge in [-0.1, -0.05) is 47.7 Å². The van der Waals surface area contributed by atoms with Crippen molar-refractivity contribution in [3.8, 4) is 5.75 Å². The maximum atomic E-state index is 14.0. The molecule has 1 aromatic heterocycles. The number of nitrogens with one attached hydrogen (secondary N) is 1. The quantitative estimate of drug-likeness (QED) is 0.580. The summed E-state index contributed by atoms with van der Waals surface area (Å²) in [4.78, 5) is 47.6. The van der Waals surface area contributed by atoms with Gasteiger partial charge in [-0.15, -0.1) is 0 Å². The van der Waals surface area contributed by atoms with E-state index in [1.54, 1.807) is 25.0 Å². The maximum absolute atomic E-state index is 14.0. The third-order valence-electron chi connectivity index (χ3n) is 6.61. The van der Waals surface area contributed by atoms with E-state index in [1.807, 2.05) is 56.3 Å². The third-order valence-corrected chi connectivity index (χ3v) is 7.66. The van der Waals surface area contributed by atoms with Crippen molar-refractivity contribution < 1.29 is 14.3 Å². The second kappa shape index (κ2) is 9.23. The van der Waals surface area contributed by atoms with Gasteiger partial charge in [0.2, 0.25) is 0 Å². The van der Waals surface area contributed by atoms with Crippen LogP contribution in [0, 0.1) is 0 Å². The summed E-state index contributed by atoms with van der Waals surface area (Å²) in [6.45, 7) is 6.68. The molecule has 1 atom stereocenters. The van der Waals surface area contributed by atoms with Crippen molar-refractivity contribution in [2.24, 2.45) is 4.99 Å². The van der Waals surface area contributed by atoms with E-state index in [2.05, 4.69) is 5.32 Å². The van der Waals surface area contributed by atoms with Crippen molar-refractivity contribution in [1.82, 2.24) is 9.47 Å². The van der Waals surface area contributed by atoms with Crippen molar-refractivity contribution in [1.29, 1.82) is 0 Å². The number of aromatic nitrogens is 1. The van der Waals surface area contributed by atoms with Crippen LogP contribution in [0.4, 0.5) is 5.69 Å². The highest BCUT2D eigenvalue weighted by atomic mass is 32.1. The number of carbonyl (C=O) groups is 2. The highest BCUT2D eigenvalue weighted by Gasteiger charge is 2.36. The Morgan fingerprint density at radius 2 is 1.81 bits per heavy atom. The van der Waals surface area contributed by atoms with Crippen LogP contribution in [0.15, 0.2) is 69.6 Å². The number of methoxy groups -OCH3 is 1. The van der Waals surface area contributed by atoms with Crippen LogP contribution in [0.25, 0.3) is 5.57 Å². The number of hydrogen-bond acceptors (Lipinski definition) is 6. The van der Waals surface area contributed by atoms with Gasteiger partial charge in [-0.05, 0) is 32.9 Å². The number of amides is 2. The molecule has 0 spiro atoms. The lowest BCUT2D eigenvalue weighted by Gasteiger charge is -2.29. The first kappa shape index (κ1) is 23.7. The summed E-state index contributed by atoms with van der Waals surface area (Å²) >= 11 is 1.16. The Hall–Kier alpha value is -3.98. The number of ether oxygens (including phenoxy) is 1. The first-order chi connectivity index (χ1) is 17.4. The molecule has 9 heteroatoms. The average Bonchev–Trinajstić information content (AvgIpc) is 3.38. The van der Waals surface area contributed by atoms with E-state index in [9.17, 15) is 14.4 Å². The Morgan fingerprint density at radius 3 is 2.53 bits per heavy atom. The fraction of sp³-hybridized carbons (Fsp3) is 0.259. The lowest BCUT2D eigenvalue weighted by atomic mass is 9.94. The number of carbonyl (C=O) groups excluding carboxylic acids is 2. The molecule has 36 heavy (non-hydrogen) atoms. The molecule has 0 saturated carbocycles. The molecule has 3 aromatic rings. The highest BCUT2D eigenvalue weighted by Crippen LogP contribution is 2.36. The highest BCUT2D eigenvalue weighted by molar-refractivity contribution is 7.07. The molecule has 8 nitrogen and oxygen atoms in total. The van der Waals surface area contributed by atoms with Crippen LogP contribution >= 0.6 is 11.3 Å². The second-order valence-corrected chi connectivity index (χ2v) is 9.47. The largest absolute Gasteiger partial charge is 0.496 e. The minimum absolute atomic E-state index is 0.181. The molecule has 2 aliphatic rings. The van der Waals surface area contributed by atoms with Gasteiger partial charge in [0, 0.05) is 29.9 Å². The summed E-state index contributed by atoms with van der Waals surface area (Å²) in [6, 6.07) is 13.9. The minimum Gasteiger partial charge on any atom is -0.496 e. The van der Waals surface area contributed by atoms with Gasteiger partial charge in [-0.3, -0.25) is 19.0 Å². The number of para-hydroxylation sites is 2. The zero-order chi connectivity index (χ0) is 25.6. The zero-order valence-corrected chi connectivity index (χ0v) is 21.3. The first-order valence-electron chi connectivity index (χ1n) is 11.8. The lowest BCUT2D eigenvalue weighted by Crippen LogP contribution is -2.43. The van der Waals surface area contributed by atoms with Gasteiger partial charge in [-0.2, -0.15) is 0 Å². The molecule has 0 aliphatic carbocycles. The Bertz CT molecular complexity index is 1610. The maximum Gasteiger partial charge on any atom is 0.271 e. The van der Waals surface area contributed by atoms with Gasteiger partial charge in [0.25, 0.3) is 17.4 Å². The van der Waals surface area contributed by atoms with Crippen LogP contribution in [-0.2, 0) is 9.59 Å². The van der Waals surface area contributed by atoms with E-state index < -0.39 is 6.04 Å². The fourth-order valence-corrected chi connectivity index (χ4v) is 6.00. The molecule has 184 valence electrons. The van der Waals surface area contributed by atoms with Gasteiger partial charge < -0.3 is 15.0 Å². The van der Waals surface area contributed by atoms with Crippen LogP contribution in [0.2, 0.25) is 0 Å². The van der Waals surface area contributed by atoms with Gasteiger partial charge in [0.1, 0.15) is 16.3 Å². The number of thiazole rings is 1.